The van der Waals surface area contributed by atoms with Crippen LogP contribution in [0.3, 0.4) is 0 Å². The Morgan fingerprint density at radius 3 is 1.91 bits per heavy atom. The van der Waals surface area contributed by atoms with Crippen LogP contribution in [-0.2, 0) is 19.1 Å². The van der Waals surface area contributed by atoms with E-state index in [9.17, 15) is 9.59 Å². The molecule has 6 rings (SSSR count). The molecule has 168 valence electrons. The van der Waals surface area contributed by atoms with Crippen molar-refractivity contribution in [1.29, 1.82) is 0 Å². The maximum Gasteiger partial charge on any atom is 0.344 e. The van der Waals surface area contributed by atoms with Gasteiger partial charge in [-0.25, -0.2) is 19.6 Å². The summed E-state index contributed by atoms with van der Waals surface area (Å²) in [5, 5.41) is 0. The van der Waals surface area contributed by atoms with Crippen LogP contribution in [0.1, 0.15) is 20.5 Å². The van der Waals surface area contributed by atoms with Gasteiger partial charge >= 0.3 is 11.9 Å². The summed E-state index contributed by atoms with van der Waals surface area (Å²) in [6.07, 6.45) is 6.29. The molecule has 0 fully saturated rings. The van der Waals surface area contributed by atoms with Crippen LogP contribution < -0.4 is 0 Å². The second-order valence-corrected chi connectivity index (χ2v) is 9.84. The molecule has 0 unspecified atom stereocenters. The van der Waals surface area contributed by atoms with Crippen molar-refractivity contribution in [3.05, 3.63) is 80.5 Å². The number of hydrogen-bond donors (Lipinski definition) is 0. The zero-order valence-electron chi connectivity index (χ0n) is 17.8. The van der Waals surface area contributed by atoms with Gasteiger partial charge in [-0.1, -0.05) is 0 Å². The molecule has 0 N–H and O–H groups in total. The van der Waals surface area contributed by atoms with Crippen molar-refractivity contribution in [2.45, 2.75) is 13.8 Å². The van der Waals surface area contributed by atoms with Gasteiger partial charge in [0.2, 0.25) is 5.89 Å². The van der Waals surface area contributed by atoms with E-state index in [0.29, 0.717) is 39.7 Å². The molecule has 0 bridgehead atoms. The van der Waals surface area contributed by atoms with Crippen LogP contribution in [0, 0.1) is 13.8 Å². The third kappa shape index (κ3) is 3.53. The Bertz CT molecular complexity index is 1580. The number of thiophene rings is 2. The van der Waals surface area contributed by atoms with Gasteiger partial charge in [0, 0.05) is 11.8 Å². The van der Waals surface area contributed by atoms with E-state index in [1.54, 1.807) is 37.5 Å². The summed E-state index contributed by atoms with van der Waals surface area (Å²) < 4.78 is 22.1. The second-order valence-electron chi connectivity index (χ2n) is 7.47. The first-order chi connectivity index (χ1) is 16.4. The van der Waals surface area contributed by atoms with Gasteiger partial charge in [-0.05, 0) is 43.3 Å². The molecule has 0 aliphatic carbocycles. The van der Waals surface area contributed by atoms with E-state index in [-0.39, 0.29) is 11.1 Å². The standard InChI is InChI=1S/C24H14N2O6S2/c1-11-3-4-19(33-11)15-7-13(23(27)31-15)14-8-16(32-24(14)28)20-5-6-21(34-20)22-26-10-18(30-22)17-9-25-12(2)29-17/h3-10H,1-2H3/b14-13+. The number of ether oxygens (including phenoxy) is 2. The van der Waals surface area contributed by atoms with Crippen LogP contribution >= 0.6 is 22.7 Å². The number of oxazole rings is 2. The molecule has 4 aromatic heterocycles. The minimum atomic E-state index is -0.601. The lowest BCUT2D eigenvalue weighted by Gasteiger charge is -1.97. The summed E-state index contributed by atoms with van der Waals surface area (Å²) in [6.45, 7) is 3.72. The van der Waals surface area contributed by atoms with Gasteiger partial charge in [0.1, 0.15) is 11.5 Å². The predicted molar refractivity (Wildman–Crippen MR) is 124 cm³/mol. The average Bonchev–Trinajstić information content (AvgIpc) is 3.61. The molecule has 10 heteroatoms. The van der Waals surface area contributed by atoms with Crippen molar-refractivity contribution in [1.82, 2.24) is 9.97 Å². The number of carbonyl (C=O) groups is 2. The fourth-order valence-corrected chi connectivity index (χ4v) is 5.21. The third-order valence-corrected chi connectivity index (χ3v) is 7.20. The molecular weight excluding hydrogens is 476 g/mol. The highest BCUT2D eigenvalue weighted by Gasteiger charge is 2.33. The summed E-state index contributed by atoms with van der Waals surface area (Å²) in [7, 11) is 0. The maximum atomic E-state index is 12.6. The number of cyclic esters (lactones) is 2. The minimum Gasteiger partial charge on any atom is -0.438 e. The zero-order valence-corrected chi connectivity index (χ0v) is 19.4. The smallest absolute Gasteiger partial charge is 0.344 e. The van der Waals surface area contributed by atoms with E-state index in [2.05, 4.69) is 9.97 Å². The number of esters is 2. The molecule has 0 aromatic carbocycles. The Labute approximate surface area is 200 Å². The Morgan fingerprint density at radius 1 is 0.706 bits per heavy atom. The van der Waals surface area contributed by atoms with Crippen molar-refractivity contribution < 1.29 is 27.9 Å². The van der Waals surface area contributed by atoms with Crippen LogP contribution in [-0.4, -0.2) is 21.9 Å². The summed E-state index contributed by atoms with van der Waals surface area (Å²) in [5.41, 5.74) is 0.342. The molecule has 2 aliphatic heterocycles. The molecule has 0 spiro atoms. The summed E-state index contributed by atoms with van der Waals surface area (Å²) >= 11 is 2.85. The predicted octanol–water partition coefficient (Wildman–Crippen LogP) is 5.53. The van der Waals surface area contributed by atoms with Crippen molar-refractivity contribution in [3.8, 4) is 22.3 Å². The number of rotatable bonds is 4. The van der Waals surface area contributed by atoms with E-state index in [1.165, 1.54) is 22.7 Å². The normalized spacial score (nSPS) is 17.7. The van der Waals surface area contributed by atoms with Gasteiger partial charge in [0.05, 0.1) is 38.2 Å². The van der Waals surface area contributed by atoms with Crippen LogP contribution in [0.25, 0.3) is 33.8 Å². The fraction of sp³-hybridized carbons (Fsp3) is 0.0833. The summed E-state index contributed by atoms with van der Waals surface area (Å²) in [4.78, 5) is 36.7. The van der Waals surface area contributed by atoms with Gasteiger partial charge in [-0.3, -0.25) is 0 Å². The molecule has 0 saturated carbocycles. The first-order valence-electron chi connectivity index (χ1n) is 10.1. The lowest BCUT2D eigenvalue weighted by atomic mass is 10.1. The number of carbonyl (C=O) groups excluding carboxylic acids is 2. The Morgan fingerprint density at radius 2 is 1.29 bits per heavy atom. The lowest BCUT2D eigenvalue weighted by molar-refractivity contribution is -0.133. The molecule has 0 atom stereocenters. The number of aryl methyl sites for hydroxylation is 2. The Hall–Kier alpha value is -4.02. The van der Waals surface area contributed by atoms with Crippen molar-refractivity contribution in [3.63, 3.8) is 0 Å². The molecule has 4 aromatic rings. The quantitative estimate of drug-likeness (QED) is 0.272. The Balaban J connectivity index is 1.29. The van der Waals surface area contributed by atoms with E-state index in [1.807, 2.05) is 25.1 Å². The Kier molecular flexibility index (Phi) is 4.71. The van der Waals surface area contributed by atoms with Crippen molar-refractivity contribution in [2.75, 3.05) is 0 Å². The van der Waals surface area contributed by atoms with Gasteiger partial charge in [0.15, 0.2) is 17.4 Å². The third-order valence-electron chi connectivity index (χ3n) is 5.10. The average molecular weight is 491 g/mol. The first-order valence-corrected chi connectivity index (χ1v) is 11.8. The maximum absolute atomic E-state index is 12.6. The highest BCUT2D eigenvalue weighted by Crippen LogP contribution is 2.39. The van der Waals surface area contributed by atoms with E-state index in [0.717, 1.165) is 14.6 Å². The van der Waals surface area contributed by atoms with Crippen molar-refractivity contribution in [2.24, 2.45) is 0 Å². The van der Waals surface area contributed by atoms with Gasteiger partial charge in [-0.15, -0.1) is 22.7 Å². The largest absolute Gasteiger partial charge is 0.438 e. The van der Waals surface area contributed by atoms with Gasteiger partial charge in [0.25, 0.3) is 0 Å². The number of nitrogens with zero attached hydrogens (tertiary/aromatic N) is 2. The van der Waals surface area contributed by atoms with E-state index >= 15 is 0 Å². The molecule has 34 heavy (non-hydrogen) atoms. The van der Waals surface area contributed by atoms with Crippen LogP contribution in [0.15, 0.2) is 68.8 Å². The van der Waals surface area contributed by atoms with Gasteiger partial charge < -0.3 is 18.3 Å². The molecule has 8 nitrogen and oxygen atoms in total. The zero-order chi connectivity index (χ0) is 23.4. The molecular formula is C24H14N2O6S2. The first kappa shape index (κ1) is 20.6. The van der Waals surface area contributed by atoms with E-state index < -0.39 is 11.9 Å². The fourth-order valence-electron chi connectivity index (χ4n) is 3.50. The summed E-state index contributed by atoms with van der Waals surface area (Å²) in [6, 6.07) is 7.45. The second kappa shape index (κ2) is 7.79. The minimum absolute atomic E-state index is 0.164. The number of aromatic nitrogens is 2. The van der Waals surface area contributed by atoms with Crippen molar-refractivity contribution >= 4 is 46.1 Å². The summed E-state index contributed by atoms with van der Waals surface area (Å²) in [5.74, 6) is 1.50. The van der Waals surface area contributed by atoms with Crippen LogP contribution in [0.5, 0.6) is 0 Å². The molecule has 0 amide bonds. The topological polar surface area (TPSA) is 105 Å². The molecule has 2 aliphatic rings. The highest BCUT2D eigenvalue weighted by atomic mass is 32.1. The molecule has 6 heterocycles. The van der Waals surface area contributed by atoms with Crippen LogP contribution in [0.2, 0.25) is 0 Å². The number of hydrogen-bond acceptors (Lipinski definition) is 10. The lowest BCUT2D eigenvalue weighted by Crippen LogP contribution is -2.05. The monoisotopic (exact) mass is 490 g/mol. The van der Waals surface area contributed by atoms with Gasteiger partial charge in [-0.2, -0.15) is 0 Å². The van der Waals surface area contributed by atoms with E-state index in [4.69, 9.17) is 18.3 Å². The highest BCUT2D eigenvalue weighted by molar-refractivity contribution is 7.16. The van der Waals surface area contributed by atoms with Crippen LogP contribution in [0.4, 0.5) is 0 Å². The molecule has 0 radical (unpaired) electrons. The SMILES string of the molecule is Cc1ncc(-c2cnc(-c3ccc(C4=C/C(=C5/C=C(c6ccc(C)s6)OC5=O)C(=O)O4)s3)o2)o1. The molecule has 0 saturated heterocycles.